The Hall–Kier alpha value is -4.12. The van der Waals surface area contributed by atoms with Gasteiger partial charge in [-0.2, -0.15) is 14.4 Å². The molecule has 1 aliphatic heterocycles. The number of fused-ring (bicyclic) bond motifs is 1. The molecule has 1 aliphatic rings. The van der Waals surface area contributed by atoms with Crippen molar-refractivity contribution in [2.75, 3.05) is 25.2 Å². The molecule has 0 aliphatic carbocycles. The monoisotopic (exact) mass is 630 g/mol. The summed E-state index contributed by atoms with van der Waals surface area (Å²) in [4.78, 5) is 31.5. The second-order valence-electron chi connectivity index (χ2n) is 9.69. The highest BCUT2D eigenvalue weighted by atomic mass is 32.2. The lowest BCUT2D eigenvalue weighted by Gasteiger charge is -2.31. The molecule has 226 valence electrons. The average Bonchev–Trinajstić information content (AvgIpc) is 3.70. The van der Waals surface area contributed by atoms with Gasteiger partial charge in [-0.3, -0.25) is 9.08 Å². The van der Waals surface area contributed by atoms with Crippen molar-refractivity contribution in [1.82, 2.24) is 33.4 Å². The molecule has 43 heavy (non-hydrogen) atoms. The predicted octanol–water partition coefficient (Wildman–Crippen LogP) is 2.50. The van der Waals surface area contributed by atoms with Gasteiger partial charge in [-0.25, -0.2) is 27.5 Å². The molecule has 3 N–H and O–H groups in total. The second kappa shape index (κ2) is 11.5. The van der Waals surface area contributed by atoms with E-state index in [1.807, 2.05) is 0 Å². The number of aryl methyl sites for hydroxylation is 1. The fraction of sp³-hybridized carbons (Fsp3) is 0.280. The molecule has 0 atom stereocenters. The van der Waals surface area contributed by atoms with E-state index in [9.17, 15) is 13.0 Å². The number of rotatable bonds is 10. The minimum absolute atomic E-state index is 0.0335. The molecule has 1 saturated heterocycles. The van der Waals surface area contributed by atoms with Crippen molar-refractivity contribution < 1.29 is 36.4 Å². The highest BCUT2D eigenvalue weighted by Gasteiger charge is 2.31. The number of nitrogens with zero attached hydrogens (tertiary/aromatic N) is 7. The van der Waals surface area contributed by atoms with Crippen molar-refractivity contribution in [3.8, 4) is 28.4 Å². The van der Waals surface area contributed by atoms with Crippen LogP contribution in [0, 0.1) is 0 Å². The maximum absolute atomic E-state index is 12.9. The molecule has 0 saturated carbocycles. The fourth-order valence-electron chi connectivity index (χ4n) is 4.77. The smallest absolute Gasteiger partial charge is 0.467 e. The number of oxazole rings is 1. The third-order valence-corrected chi connectivity index (χ3v) is 9.03. The molecular formula is C25H27N8O8PS. The first-order valence-corrected chi connectivity index (χ1v) is 16.0. The normalized spacial score (nSPS) is 15.2. The van der Waals surface area contributed by atoms with Crippen molar-refractivity contribution in [2.45, 2.75) is 23.9 Å². The number of imidazole rings is 1. The molecule has 1 aromatic carbocycles. The highest BCUT2D eigenvalue weighted by Crippen LogP contribution is 2.37. The Morgan fingerprint density at radius 1 is 1.14 bits per heavy atom. The van der Waals surface area contributed by atoms with E-state index in [2.05, 4.69) is 24.9 Å². The van der Waals surface area contributed by atoms with E-state index in [1.165, 1.54) is 21.3 Å². The maximum Gasteiger partial charge on any atom is 0.472 e. The number of piperidine rings is 1. The Balaban J connectivity index is 1.20. The number of benzene rings is 1. The standard InChI is InChI=1S/C25H27N8O8PS/c1-31-10-8-21(30-31)43(37,38)32-11-6-18(7-12-32)27-24-26-9-5-20(28-24)23-22(29-25-33(23)13-14-39-25)17-3-2-4-19(15-17)40-16-41-42(34,35)36/h2-5,8-10,13-15,18H,6-7,11-12,16H2,1H3,(H,26,27,28)(H2,34,35,36). The van der Waals surface area contributed by atoms with Crippen LogP contribution >= 0.6 is 7.82 Å². The number of ether oxygens (including phenoxy) is 1. The van der Waals surface area contributed by atoms with Gasteiger partial charge < -0.3 is 24.3 Å². The zero-order valence-electron chi connectivity index (χ0n) is 22.7. The molecule has 5 heterocycles. The topological polar surface area (TPSA) is 199 Å². The van der Waals surface area contributed by atoms with Crippen LogP contribution in [-0.4, -0.2) is 77.6 Å². The first kappa shape index (κ1) is 29.0. The number of hydrogen-bond donors (Lipinski definition) is 3. The molecule has 16 nitrogen and oxygen atoms in total. The molecule has 5 aromatic rings. The lowest BCUT2D eigenvalue weighted by atomic mass is 10.1. The summed E-state index contributed by atoms with van der Waals surface area (Å²) in [6, 6.07) is 9.96. The third-order valence-electron chi connectivity index (χ3n) is 6.79. The van der Waals surface area contributed by atoms with Gasteiger partial charge in [-0.1, -0.05) is 12.1 Å². The Morgan fingerprint density at radius 3 is 2.70 bits per heavy atom. The van der Waals surface area contributed by atoms with Crippen LogP contribution in [0.1, 0.15) is 12.8 Å². The summed E-state index contributed by atoms with van der Waals surface area (Å²) in [5.41, 5.74) is 2.33. The van der Waals surface area contributed by atoms with Crippen LogP contribution in [0.4, 0.5) is 5.95 Å². The molecule has 0 amide bonds. The van der Waals surface area contributed by atoms with E-state index >= 15 is 0 Å². The molecular weight excluding hydrogens is 603 g/mol. The summed E-state index contributed by atoms with van der Waals surface area (Å²) < 4.78 is 56.7. The van der Waals surface area contributed by atoms with Gasteiger partial charge in [0.25, 0.3) is 10.0 Å². The maximum atomic E-state index is 12.9. The second-order valence-corrected chi connectivity index (χ2v) is 12.8. The van der Waals surface area contributed by atoms with Crippen LogP contribution in [0.3, 0.4) is 0 Å². The van der Waals surface area contributed by atoms with Crippen molar-refractivity contribution >= 4 is 29.6 Å². The van der Waals surface area contributed by atoms with E-state index in [1.54, 1.807) is 60.4 Å². The van der Waals surface area contributed by atoms with Crippen LogP contribution in [0.25, 0.3) is 28.5 Å². The zero-order chi connectivity index (χ0) is 30.2. The Morgan fingerprint density at radius 2 is 1.95 bits per heavy atom. The van der Waals surface area contributed by atoms with E-state index in [4.69, 9.17) is 23.9 Å². The molecule has 0 spiro atoms. The van der Waals surface area contributed by atoms with Gasteiger partial charge in [0.05, 0.1) is 5.69 Å². The summed E-state index contributed by atoms with van der Waals surface area (Å²) in [6.07, 6.45) is 7.55. The number of nitrogens with one attached hydrogen (secondary N) is 1. The van der Waals surface area contributed by atoms with Gasteiger partial charge in [0.15, 0.2) is 11.8 Å². The summed E-state index contributed by atoms with van der Waals surface area (Å²) in [5.74, 6) is 1.01. The molecule has 0 radical (unpaired) electrons. The van der Waals surface area contributed by atoms with Gasteiger partial charge >= 0.3 is 13.7 Å². The molecule has 18 heteroatoms. The van der Waals surface area contributed by atoms with E-state index in [0.717, 1.165) is 0 Å². The van der Waals surface area contributed by atoms with Crippen molar-refractivity contribution in [1.29, 1.82) is 0 Å². The summed E-state index contributed by atoms with van der Waals surface area (Å²) in [5, 5.41) is 7.41. The summed E-state index contributed by atoms with van der Waals surface area (Å²) >= 11 is 0. The Bertz CT molecular complexity index is 1910. The van der Waals surface area contributed by atoms with Crippen LogP contribution in [0.15, 0.2) is 70.7 Å². The number of anilines is 1. The van der Waals surface area contributed by atoms with Crippen LogP contribution in [0.5, 0.6) is 5.75 Å². The van der Waals surface area contributed by atoms with Crippen LogP contribution in [-0.2, 0) is 26.2 Å². The van der Waals surface area contributed by atoms with E-state index < -0.39 is 24.6 Å². The largest absolute Gasteiger partial charge is 0.472 e. The van der Waals surface area contributed by atoms with E-state index in [-0.39, 0.29) is 11.1 Å². The summed E-state index contributed by atoms with van der Waals surface area (Å²) in [7, 11) is -6.67. The number of aromatic nitrogens is 6. The molecule has 1 fully saturated rings. The number of sulfonamides is 1. The highest BCUT2D eigenvalue weighted by molar-refractivity contribution is 7.89. The van der Waals surface area contributed by atoms with Gasteiger partial charge in [-0.15, -0.1) is 0 Å². The van der Waals surface area contributed by atoms with Crippen LogP contribution < -0.4 is 10.1 Å². The Labute approximate surface area is 245 Å². The fourth-order valence-corrected chi connectivity index (χ4v) is 6.39. The minimum Gasteiger partial charge on any atom is -0.467 e. The van der Waals surface area contributed by atoms with Gasteiger partial charge in [0, 0.05) is 50.3 Å². The molecule has 4 aromatic heterocycles. The first-order chi connectivity index (χ1) is 20.6. The third kappa shape index (κ3) is 6.31. The molecule has 6 rings (SSSR count). The quantitative estimate of drug-likeness (QED) is 0.150. The van der Waals surface area contributed by atoms with Crippen molar-refractivity contribution in [3.63, 3.8) is 0 Å². The average molecular weight is 631 g/mol. The van der Waals surface area contributed by atoms with Gasteiger partial charge in [-0.05, 0) is 37.1 Å². The predicted molar refractivity (Wildman–Crippen MR) is 151 cm³/mol. The lowest BCUT2D eigenvalue weighted by Crippen LogP contribution is -2.42. The van der Waals surface area contributed by atoms with Gasteiger partial charge in [0.2, 0.25) is 5.95 Å². The Kier molecular flexibility index (Phi) is 7.76. The summed E-state index contributed by atoms with van der Waals surface area (Å²) in [6.45, 7) is 0.0215. The zero-order valence-corrected chi connectivity index (χ0v) is 24.4. The number of phosphoric acid groups is 1. The van der Waals surface area contributed by atoms with Gasteiger partial charge in [0.1, 0.15) is 23.4 Å². The number of phosphoric ester groups is 1. The van der Waals surface area contributed by atoms with Crippen molar-refractivity contribution in [2.24, 2.45) is 7.05 Å². The first-order valence-electron chi connectivity index (χ1n) is 13.1. The lowest BCUT2D eigenvalue weighted by molar-refractivity contribution is 0.0829. The molecule has 0 unspecified atom stereocenters. The van der Waals surface area contributed by atoms with Crippen molar-refractivity contribution in [3.05, 3.63) is 61.3 Å². The van der Waals surface area contributed by atoms with E-state index in [0.29, 0.717) is 66.1 Å². The SMILES string of the molecule is Cn1ccc(S(=O)(=O)N2CCC(Nc3nccc(-c4c(-c5cccc(OCOP(=O)(O)O)c5)nc5occn45)n3)CC2)n1. The van der Waals surface area contributed by atoms with Crippen LogP contribution in [0.2, 0.25) is 0 Å². The minimum atomic E-state index is -4.68. The number of hydrogen-bond acceptors (Lipinski definition) is 11. The molecule has 0 bridgehead atoms.